The Morgan fingerprint density at radius 1 is 0.591 bits per heavy atom. The average molecular weight is 278 g/mol. The molecule has 100 valence electrons. The minimum atomic E-state index is 0.518. The molecular formula is C20H10N2. The van der Waals surface area contributed by atoms with Gasteiger partial charge in [0.05, 0.1) is 23.3 Å². The quantitative estimate of drug-likeness (QED) is 0.430. The van der Waals surface area contributed by atoms with Crippen LogP contribution in [0.25, 0.3) is 32.3 Å². The Hall–Kier alpha value is -3.36. The van der Waals surface area contributed by atoms with E-state index in [4.69, 9.17) is 0 Å². The van der Waals surface area contributed by atoms with Crippen LogP contribution >= 0.6 is 0 Å². The van der Waals surface area contributed by atoms with Crippen molar-refractivity contribution in [1.29, 1.82) is 10.5 Å². The van der Waals surface area contributed by atoms with Gasteiger partial charge >= 0.3 is 0 Å². The second kappa shape index (κ2) is 4.58. The van der Waals surface area contributed by atoms with Gasteiger partial charge in [0.25, 0.3) is 0 Å². The molecule has 0 aliphatic carbocycles. The van der Waals surface area contributed by atoms with Crippen molar-refractivity contribution in [2.45, 2.75) is 0 Å². The average Bonchev–Trinajstić information content (AvgIpc) is 2.60. The normalized spacial score (nSPS) is 10.6. The molecular weight excluding hydrogens is 268 g/mol. The zero-order chi connectivity index (χ0) is 15.1. The zero-order valence-corrected chi connectivity index (χ0v) is 11.7. The molecule has 22 heavy (non-hydrogen) atoms. The van der Waals surface area contributed by atoms with Crippen molar-refractivity contribution in [3.63, 3.8) is 0 Å². The molecule has 0 heterocycles. The molecule has 0 bridgehead atoms. The number of benzene rings is 4. The van der Waals surface area contributed by atoms with Gasteiger partial charge in [0.1, 0.15) is 0 Å². The Morgan fingerprint density at radius 2 is 1.14 bits per heavy atom. The summed E-state index contributed by atoms with van der Waals surface area (Å²) in [6.07, 6.45) is 0. The van der Waals surface area contributed by atoms with E-state index in [9.17, 15) is 10.5 Å². The lowest BCUT2D eigenvalue weighted by molar-refractivity contribution is 1.47. The first-order valence-electron chi connectivity index (χ1n) is 7.01. The molecule has 0 aliphatic heterocycles. The van der Waals surface area contributed by atoms with Crippen molar-refractivity contribution in [3.8, 4) is 12.1 Å². The van der Waals surface area contributed by atoms with E-state index in [1.54, 1.807) is 6.07 Å². The molecule has 0 atom stereocenters. The maximum atomic E-state index is 9.53. The van der Waals surface area contributed by atoms with Crippen LogP contribution in [0.5, 0.6) is 0 Å². The van der Waals surface area contributed by atoms with Crippen LogP contribution in [0.4, 0.5) is 0 Å². The molecule has 0 saturated carbocycles. The molecule has 4 aromatic rings. The van der Waals surface area contributed by atoms with Crippen molar-refractivity contribution in [3.05, 3.63) is 71.8 Å². The van der Waals surface area contributed by atoms with Gasteiger partial charge in [-0.2, -0.15) is 10.5 Å². The summed E-state index contributed by atoms with van der Waals surface area (Å²) in [5, 5.41) is 25.1. The van der Waals surface area contributed by atoms with E-state index < -0.39 is 0 Å². The van der Waals surface area contributed by atoms with Crippen LogP contribution in [0.3, 0.4) is 0 Å². The summed E-state index contributed by atoms with van der Waals surface area (Å²) in [5.41, 5.74) is 1.07. The third kappa shape index (κ3) is 1.59. The highest BCUT2D eigenvalue weighted by molar-refractivity contribution is 6.26. The second-order valence-electron chi connectivity index (χ2n) is 5.26. The first kappa shape index (κ1) is 12.4. The molecule has 0 radical (unpaired) electrons. The number of hydrogen-bond acceptors (Lipinski definition) is 2. The monoisotopic (exact) mass is 278 g/mol. The van der Waals surface area contributed by atoms with E-state index in [-0.39, 0.29) is 0 Å². The molecule has 0 amide bonds. The fraction of sp³-hybridized carbons (Fsp3) is 0. The van der Waals surface area contributed by atoms with E-state index in [1.807, 2.05) is 42.5 Å². The maximum Gasteiger partial charge on any atom is 0.0998 e. The smallest absolute Gasteiger partial charge is 0.0998 e. The van der Waals surface area contributed by atoms with Crippen molar-refractivity contribution in [2.24, 2.45) is 0 Å². The first-order chi connectivity index (χ1) is 10.8. The third-order valence-electron chi connectivity index (χ3n) is 4.09. The van der Waals surface area contributed by atoms with Gasteiger partial charge in [-0.05, 0) is 39.1 Å². The Morgan fingerprint density at radius 3 is 1.73 bits per heavy atom. The molecule has 0 aliphatic rings. The summed E-state index contributed by atoms with van der Waals surface area (Å²) in [4.78, 5) is 0. The molecule has 2 heteroatoms. The third-order valence-corrected chi connectivity index (χ3v) is 4.09. The lowest BCUT2D eigenvalue weighted by Gasteiger charge is -2.11. The molecule has 4 aromatic carbocycles. The van der Waals surface area contributed by atoms with Gasteiger partial charge in [0, 0.05) is 5.39 Å². The molecule has 0 saturated heterocycles. The van der Waals surface area contributed by atoms with Crippen LogP contribution in [0.15, 0.2) is 60.7 Å². The predicted molar refractivity (Wildman–Crippen MR) is 88.4 cm³/mol. The van der Waals surface area contributed by atoms with Gasteiger partial charge in [-0.25, -0.2) is 0 Å². The molecule has 0 fully saturated rings. The van der Waals surface area contributed by atoms with Crippen molar-refractivity contribution in [1.82, 2.24) is 0 Å². The maximum absolute atomic E-state index is 9.53. The number of nitrogens with zero attached hydrogens (tertiary/aromatic N) is 2. The molecule has 0 aromatic heterocycles. The SMILES string of the molecule is N#Cc1cc(C#N)c2c3ccccc3c3ccccc3c2c1. The van der Waals surface area contributed by atoms with E-state index in [0.717, 1.165) is 32.3 Å². The summed E-state index contributed by atoms with van der Waals surface area (Å²) in [6.45, 7) is 0. The largest absolute Gasteiger partial charge is 0.192 e. The van der Waals surface area contributed by atoms with Crippen LogP contribution in [-0.2, 0) is 0 Å². The number of nitriles is 2. The second-order valence-corrected chi connectivity index (χ2v) is 5.26. The number of fused-ring (bicyclic) bond motifs is 6. The summed E-state index contributed by atoms with van der Waals surface area (Å²) >= 11 is 0. The van der Waals surface area contributed by atoms with Crippen LogP contribution in [0.1, 0.15) is 11.1 Å². The molecule has 0 spiro atoms. The fourth-order valence-corrected chi connectivity index (χ4v) is 3.19. The summed E-state index contributed by atoms with van der Waals surface area (Å²) < 4.78 is 0. The van der Waals surface area contributed by atoms with E-state index in [1.165, 1.54) is 0 Å². The van der Waals surface area contributed by atoms with E-state index in [0.29, 0.717) is 11.1 Å². The molecule has 0 N–H and O–H groups in total. The molecule has 0 unspecified atom stereocenters. The Kier molecular flexibility index (Phi) is 2.58. The fourth-order valence-electron chi connectivity index (χ4n) is 3.19. The first-order valence-corrected chi connectivity index (χ1v) is 7.01. The summed E-state index contributed by atoms with van der Waals surface area (Å²) in [6, 6.07) is 24.2. The predicted octanol–water partition coefficient (Wildman–Crippen LogP) is 4.89. The highest BCUT2D eigenvalue weighted by Crippen LogP contribution is 2.36. The topological polar surface area (TPSA) is 47.6 Å². The lowest BCUT2D eigenvalue weighted by atomic mass is 9.91. The van der Waals surface area contributed by atoms with Gasteiger partial charge in [-0.15, -0.1) is 0 Å². The molecule has 4 rings (SSSR count). The van der Waals surface area contributed by atoms with Gasteiger partial charge in [-0.1, -0.05) is 48.5 Å². The van der Waals surface area contributed by atoms with Crippen LogP contribution < -0.4 is 0 Å². The van der Waals surface area contributed by atoms with Gasteiger partial charge in [0.2, 0.25) is 0 Å². The Bertz CT molecular complexity index is 1140. The summed E-state index contributed by atoms with van der Waals surface area (Å²) in [5.74, 6) is 0. The highest BCUT2D eigenvalue weighted by Gasteiger charge is 2.12. The Balaban J connectivity index is 2.44. The Labute approximate surface area is 127 Å². The summed E-state index contributed by atoms with van der Waals surface area (Å²) in [7, 11) is 0. The van der Waals surface area contributed by atoms with Crippen LogP contribution in [-0.4, -0.2) is 0 Å². The van der Waals surface area contributed by atoms with Gasteiger partial charge in [0.15, 0.2) is 0 Å². The number of hydrogen-bond donors (Lipinski definition) is 0. The minimum absolute atomic E-state index is 0.518. The standard InChI is InChI=1S/C20H10N2/c21-11-13-9-14(12-22)20-18-8-4-3-6-16(18)15-5-1-2-7-17(15)19(20)10-13/h1-10H. The van der Waals surface area contributed by atoms with Crippen molar-refractivity contribution < 1.29 is 0 Å². The van der Waals surface area contributed by atoms with Crippen LogP contribution in [0.2, 0.25) is 0 Å². The van der Waals surface area contributed by atoms with Gasteiger partial charge < -0.3 is 0 Å². The van der Waals surface area contributed by atoms with Gasteiger partial charge in [-0.3, -0.25) is 0 Å². The van der Waals surface area contributed by atoms with Crippen molar-refractivity contribution in [2.75, 3.05) is 0 Å². The minimum Gasteiger partial charge on any atom is -0.192 e. The van der Waals surface area contributed by atoms with Crippen molar-refractivity contribution >= 4 is 32.3 Å². The van der Waals surface area contributed by atoms with E-state index in [2.05, 4.69) is 24.3 Å². The lowest BCUT2D eigenvalue weighted by Crippen LogP contribution is -1.88. The molecule has 2 nitrogen and oxygen atoms in total. The highest BCUT2D eigenvalue weighted by atomic mass is 14.3. The zero-order valence-electron chi connectivity index (χ0n) is 11.7. The number of rotatable bonds is 0. The van der Waals surface area contributed by atoms with E-state index >= 15 is 0 Å². The van der Waals surface area contributed by atoms with Crippen LogP contribution in [0, 0.1) is 22.7 Å².